The Morgan fingerprint density at radius 3 is 1.06 bits per heavy atom. The molecule has 1 aliphatic rings. The lowest BCUT2D eigenvalue weighted by Gasteiger charge is -2.40. The number of unbranched alkanes of at least 4 members (excludes halogenated alkanes) is 44. The number of allylic oxidation sites excluding steroid dienone is 7. The second-order valence-corrected chi connectivity index (χ2v) is 24.0. The van der Waals surface area contributed by atoms with Crippen LogP contribution in [0.2, 0.25) is 0 Å². The molecule has 1 heterocycles. The molecule has 1 fully saturated rings. The van der Waals surface area contributed by atoms with Crippen molar-refractivity contribution in [2.45, 2.75) is 378 Å². The Kier molecular flexibility index (Phi) is 56.4. The summed E-state index contributed by atoms with van der Waals surface area (Å²) in [5, 5.41) is 54.5. The third kappa shape index (κ3) is 48.3. The highest BCUT2D eigenvalue weighted by Crippen LogP contribution is 2.23. The van der Waals surface area contributed by atoms with E-state index in [4.69, 9.17) is 9.47 Å². The fourth-order valence-electron chi connectivity index (χ4n) is 11.0. The zero-order valence-electron chi connectivity index (χ0n) is 51.9. The van der Waals surface area contributed by atoms with Crippen LogP contribution in [0.3, 0.4) is 0 Å². The van der Waals surface area contributed by atoms with E-state index in [1.54, 1.807) is 6.08 Å². The molecule has 0 aromatic heterocycles. The predicted octanol–water partition coefficient (Wildman–Crippen LogP) is 18.4. The highest BCUT2D eigenvalue weighted by Gasteiger charge is 2.44. The number of carbonyl (C=O) groups is 1. The Balaban J connectivity index is 2.02. The largest absolute Gasteiger partial charge is 0.394 e. The van der Waals surface area contributed by atoms with Gasteiger partial charge in [-0.3, -0.25) is 4.79 Å². The van der Waals surface area contributed by atoms with Crippen molar-refractivity contribution < 1.29 is 39.8 Å². The van der Waals surface area contributed by atoms with Gasteiger partial charge in [-0.05, 0) is 70.6 Å². The highest BCUT2D eigenvalue weighted by molar-refractivity contribution is 5.76. The number of rotatable bonds is 60. The molecule has 0 radical (unpaired) electrons. The van der Waals surface area contributed by atoms with Crippen LogP contribution in [0.15, 0.2) is 48.6 Å². The Morgan fingerprint density at radius 1 is 0.418 bits per heavy atom. The first-order valence-electron chi connectivity index (χ1n) is 34.4. The quantitative estimate of drug-likeness (QED) is 0.0261. The molecule has 79 heavy (non-hydrogen) atoms. The van der Waals surface area contributed by atoms with Gasteiger partial charge < -0.3 is 40.3 Å². The smallest absolute Gasteiger partial charge is 0.220 e. The molecule has 6 N–H and O–H groups in total. The predicted molar refractivity (Wildman–Crippen MR) is 336 cm³/mol. The van der Waals surface area contributed by atoms with E-state index in [2.05, 4.69) is 55.6 Å². The average Bonchev–Trinajstić information content (AvgIpc) is 3.47. The molecule has 464 valence electrons. The molecule has 0 aliphatic carbocycles. The van der Waals surface area contributed by atoms with Crippen LogP contribution in [0.1, 0.15) is 335 Å². The first kappa shape index (κ1) is 75.2. The molecular formula is C70H131NO8. The van der Waals surface area contributed by atoms with Crippen LogP contribution in [-0.2, 0) is 14.3 Å². The Morgan fingerprint density at radius 2 is 0.722 bits per heavy atom. The molecule has 0 bridgehead atoms. The van der Waals surface area contributed by atoms with Gasteiger partial charge in [0.15, 0.2) is 6.29 Å². The van der Waals surface area contributed by atoms with E-state index in [0.29, 0.717) is 6.42 Å². The molecule has 0 aromatic rings. The number of amides is 1. The van der Waals surface area contributed by atoms with Gasteiger partial charge in [0.25, 0.3) is 0 Å². The third-order valence-electron chi connectivity index (χ3n) is 16.4. The maximum Gasteiger partial charge on any atom is 0.220 e. The third-order valence-corrected chi connectivity index (χ3v) is 16.4. The molecule has 1 amide bonds. The molecule has 0 aromatic carbocycles. The molecular weight excluding hydrogens is 983 g/mol. The molecule has 1 saturated heterocycles. The molecule has 0 saturated carbocycles. The maximum absolute atomic E-state index is 13.1. The zero-order chi connectivity index (χ0) is 57.2. The molecule has 1 rings (SSSR count). The van der Waals surface area contributed by atoms with E-state index in [0.717, 1.165) is 51.4 Å². The van der Waals surface area contributed by atoms with Crippen LogP contribution < -0.4 is 5.32 Å². The molecule has 9 nitrogen and oxygen atoms in total. The van der Waals surface area contributed by atoms with Crippen LogP contribution in [0.4, 0.5) is 0 Å². The molecule has 9 heteroatoms. The number of aliphatic hydroxyl groups excluding tert-OH is 5. The Bertz CT molecular complexity index is 1380. The standard InChI is InChI=1S/C70H131NO8/c1-3-5-7-9-11-13-15-17-19-20-21-22-23-24-25-26-27-28-29-30-31-32-33-34-35-36-37-38-39-40-41-42-43-44-46-48-50-52-54-56-58-60-66(74)71-63(62-78-70-69(77)68(76)67(75)65(61-72)79-70)64(73)59-57-55-53-51-49-47-45-18-16-14-12-10-8-6-4-2/h16,18,20-21,49,51,57,59,63-65,67-70,72-73,75-77H,3-15,17,19,22-48,50,52-56,58,60-62H2,1-2H3,(H,71,74)/b18-16+,21-20-,51-49+,59-57+. The Labute approximate surface area is 488 Å². The minimum absolute atomic E-state index is 0.186. The van der Waals surface area contributed by atoms with Crippen molar-refractivity contribution in [1.82, 2.24) is 5.32 Å². The zero-order valence-corrected chi connectivity index (χ0v) is 51.9. The molecule has 1 aliphatic heterocycles. The van der Waals surface area contributed by atoms with Gasteiger partial charge in [0, 0.05) is 6.42 Å². The van der Waals surface area contributed by atoms with Crippen LogP contribution in [0.25, 0.3) is 0 Å². The first-order chi connectivity index (χ1) is 38.8. The van der Waals surface area contributed by atoms with Crippen molar-refractivity contribution in [1.29, 1.82) is 0 Å². The fourth-order valence-corrected chi connectivity index (χ4v) is 11.0. The second-order valence-electron chi connectivity index (χ2n) is 24.0. The summed E-state index contributed by atoms with van der Waals surface area (Å²) < 4.78 is 11.3. The van der Waals surface area contributed by atoms with Gasteiger partial charge in [-0.1, -0.05) is 306 Å². The van der Waals surface area contributed by atoms with E-state index < -0.39 is 49.5 Å². The van der Waals surface area contributed by atoms with E-state index in [1.165, 1.54) is 263 Å². The monoisotopic (exact) mass is 1110 g/mol. The summed E-state index contributed by atoms with van der Waals surface area (Å²) in [4.78, 5) is 13.1. The van der Waals surface area contributed by atoms with Gasteiger partial charge in [0.2, 0.25) is 5.91 Å². The lowest BCUT2D eigenvalue weighted by molar-refractivity contribution is -0.302. The fraction of sp³-hybridized carbons (Fsp3) is 0.871. The van der Waals surface area contributed by atoms with Crippen LogP contribution in [0.5, 0.6) is 0 Å². The van der Waals surface area contributed by atoms with Gasteiger partial charge in [-0.15, -0.1) is 0 Å². The number of hydrogen-bond donors (Lipinski definition) is 6. The van der Waals surface area contributed by atoms with Gasteiger partial charge >= 0.3 is 0 Å². The van der Waals surface area contributed by atoms with E-state index in [9.17, 15) is 30.3 Å². The maximum atomic E-state index is 13.1. The summed E-state index contributed by atoms with van der Waals surface area (Å²) in [6.45, 7) is 3.77. The summed E-state index contributed by atoms with van der Waals surface area (Å²) in [5.74, 6) is -0.186. The molecule has 0 spiro atoms. The highest BCUT2D eigenvalue weighted by atomic mass is 16.7. The lowest BCUT2D eigenvalue weighted by Crippen LogP contribution is -2.60. The van der Waals surface area contributed by atoms with Crippen LogP contribution >= 0.6 is 0 Å². The lowest BCUT2D eigenvalue weighted by atomic mass is 9.99. The number of aliphatic hydroxyl groups is 5. The van der Waals surface area contributed by atoms with Gasteiger partial charge in [0.05, 0.1) is 25.4 Å². The van der Waals surface area contributed by atoms with Crippen molar-refractivity contribution in [3.63, 3.8) is 0 Å². The number of ether oxygens (including phenoxy) is 2. The molecule has 7 unspecified atom stereocenters. The van der Waals surface area contributed by atoms with Crippen molar-refractivity contribution in [3.8, 4) is 0 Å². The van der Waals surface area contributed by atoms with E-state index in [-0.39, 0.29) is 12.5 Å². The normalized spacial score (nSPS) is 18.8. The van der Waals surface area contributed by atoms with Crippen molar-refractivity contribution in [2.75, 3.05) is 13.2 Å². The van der Waals surface area contributed by atoms with E-state index >= 15 is 0 Å². The Hall–Kier alpha value is -1.85. The average molecular weight is 1110 g/mol. The van der Waals surface area contributed by atoms with Crippen molar-refractivity contribution >= 4 is 5.91 Å². The second kappa shape index (κ2) is 59.3. The first-order valence-corrected chi connectivity index (χ1v) is 34.4. The summed E-state index contributed by atoms with van der Waals surface area (Å²) >= 11 is 0. The molecule has 7 atom stereocenters. The topological polar surface area (TPSA) is 149 Å². The number of hydrogen-bond acceptors (Lipinski definition) is 8. The minimum atomic E-state index is -1.57. The van der Waals surface area contributed by atoms with Gasteiger partial charge in [-0.2, -0.15) is 0 Å². The minimum Gasteiger partial charge on any atom is -0.394 e. The van der Waals surface area contributed by atoms with Crippen LogP contribution in [-0.4, -0.2) is 87.5 Å². The summed E-state index contributed by atoms with van der Waals surface area (Å²) in [6.07, 6.45) is 73.9. The van der Waals surface area contributed by atoms with Crippen LogP contribution in [0, 0.1) is 0 Å². The summed E-state index contributed by atoms with van der Waals surface area (Å²) in [7, 11) is 0. The SMILES string of the molecule is CCCCCCC/C=C/CC/C=C/CC/C=C/C(O)C(COC1OC(CO)C(O)C(O)C1O)NC(=O)CCCCCCCCCCCCCCCCCCCCCCCCCCCCCCC/C=C\CCCCCCCCCC. The van der Waals surface area contributed by atoms with Gasteiger partial charge in [0.1, 0.15) is 24.4 Å². The number of carbonyl (C=O) groups excluding carboxylic acids is 1. The summed E-state index contributed by atoms with van der Waals surface area (Å²) in [5.41, 5.74) is 0. The van der Waals surface area contributed by atoms with E-state index in [1.807, 2.05) is 6.08 Å². The van der Waals surface area contributed by atoms with Crippen molar-refractivity contribution in [2.24, 2.45) is 0 Å². The van der Waals surface area contributed by atoms with Crippen molar-refractivity contribution in [3.05, 3.63) is 48.6 Å². The number of nitrogens with one attached hydrogen (secondary N) is 1. The van der Waals surface area contributed by atoms with Gasteiger partial charge in [-0.25, -0.2) is 0 Å². The summed E-state index contributed by atoms with van der Waals surface area (Å²) in [6, 6.07) is -0.827.